The normalized spacial score (nSPS) is 20.7. The molecule has 108 valence electrons. The summed E-state index contributed by atoms with van der Waals surface area (Å²) in [6.07, 6.45) is 1.32. The molecule has 0 bridgehead atoms. The van der Waals surface area contributed by atoms with Crippen molar-refractivity contribution < 1.29 is 9.53 Å². The summed E-state index contributed by atoms with van der Waals surface area (Å²) in [5, 5.41) is 4.12. The van der Waals surface area contributed by atoms with E-state index in [2.05, 4.69) is 11.4 Å². The molecule has 1 amide bonds. The summed E-state index contributed by atoms with van der Waals surface area (Å²) in [7, 11) is 0. The molecular weight excluding hydrogens is 284 g/mol. The van der Waals surface area contributed by atoms with Gasteiger partial charge in [-0.15, -0.1) is 12.4 Å². The fourth-order valence-electron chi connectivity index (χ4n) is 2.04. The molecule has 1 aliphatic heterocycles. The molecule has 1 saturated heterocycles. The Morgan fingerprint density at radius 2 is 2.47 bits per heavy atom. The molecule has 2 rings (SSSR count). The lowest BCUT2D eigenvalue weighted by Crippen LogP contribution is -2.42. The summed E-state index contributed by atoms with van der Waals surface area (Å²) in [6.45, 7) is 3.90. The van der Waals surface area contributed by atoms with Gasteiger partial charge in [-0.1, -0.05) is 0 Å². The molecule has 4 nitrogen and oxygen atoms in total. The van der Waals surface area contributed by atoms with Gasteiger partial charge < -0.3 is 15.4 Å². The van der Waals surface area contributed by atoms with Gasteiger partial charge >= 0.3 is 0 Å². The van der Waals surface area contributed by atoms with Crippen LogP contribution >= 0.6 is 23.7 Å². The van der Waals surface area contributed by atoms with Crippen LogP contribution in [0.4, 0.5) is 0 Å². The number of amides is 1. The van der Waals surface area contributed by atoms with E-state index in [4.69, 9.17) is 10.5 Å². The first-order valence-corrected chi connectivity index (χ1v) is 7.28. The molecule has 2 unspecified atom stereocenters. The third kappa shape index (κ3) is 4.76. The van der Waals surface area contributed by atoms with Crippen molar-refractivity contribution in [1.29, 1.82) is 0 Å². The summed E-state index contributed by atoms with van der Waals surface area (Å²) >= 11 is 1.66. The van der Waals surface area contributed by atoms with Gasteiger partial charge in [0.2, 0.25) is 5.91 Å². The van der Waals surface area contributed by atoms with E-state index >= 15 is 0 Å². The van der Waals surface area contributed by atoms with Crippen molar-refractivity contribution in [2.75, 3.05) is 19.7 Å². The monoisotopic (exact) mass is 304 g/mol. The first-order valence-electron chi connectivity index (χ1n) is 6.34. The average Bonchev–Trinajstić information content (AvgIpc) is 2.90. The molecule has 2 atom stereocenters. The van der Waals surface area contributed by atoms with Gasteiger partial charge in [-0.05, 0) is 35.7 Å². The lowest BCUT2D eigenvalue weighted by atomic mass is 10.1. The number of thiophene rings is 1. The Kier molecular flexibility index (Phi) is 6.79. The minimum atomic E-state index is 0. The van der Waals surface area contributed by atoms with Crippen LogP contribution < -0.4 is 5.73 Å². The Hall–Kier alpha value is -0.620. The zero-order valence-electron chi connectivity index (χ0n) is 11.1. The summed E-state index contributed by atoms with van der Waals surface area (Å²) in [6, 6.07) is 2.15. The number of halogens is 1. The van der Waals surface area contributed by atoms with Crippen LogP contribution in [0.3, 0.4) is 0 Å². The number of morpholine rings is 1. The molecule has 0 aliphatic carbocycles. The van der Waals surface area contributed by atoms with Crippen LogP contribution in [0, 0.1) is 0 Å². The van der Waals surface area contributed by atoms with Gasteiger partial charge in [-0.2, -0.15) is 11.3 Å². The second-order valence-corrected chi connectivity index (χ2v) is 5.55. The van der Waals surface area contributed by atoms with Crippen molar-refractivity contribution in [3.05, 3.63) is 22.4 Å². The zero-order chi connectivity index (χ0) is 13.0. The van der Waals surface area contributed by atoms with Crippen molar-refractivity contribution in [1.82, 2.24) is 4.90 Å². The van der Waals surface area contributed by atoms with Crippen LogP contribution in [0.2, 0.25) is 0 Å². The Bertz CT molecular complexity index is 384. The van der Waals surface area contributed by atoms with E-state index in [-0.39, 0.29) is 30.5 Å². The molecule has 0 aromatic carbocycles. The van der Waals surface area contributed by atoms with Crippen molar-refractivity contribution in [3.8, 4) is 0 Å². The average molecular weight is 305 g/mol. The minimum Gasteiger partial charge on any atom is -0.370 e. The maximum absolute atomic E-state index is 12.0. The lowest BCUT2D eigenvalue weighted by molar-refractivity contribution is -0.139. The highest BCUT2D eigenvalue weighted by molar-refractivity contribution is 7.07. The molecule has 0 saturated carbocycles. The fraction of sp³-hybridized carbons (Fsp3) is 0.615. The summed E-state index contributed by atoms with van der Waals surface area (Å²) < 4.78 is 5.72. The minimum absolute atomic E-state index is 0. The fourth-order valence-corrected chi connectivity index (χ4v) is 2.75. The highest BCUT2D eigenvalue weighted by Crippen LogP contribution is 2.24. The number of nitrogens with two attached hydrogens (primary N) is 1. The SMILES string of the molecule is CC(N)CCC(=O)N1CCOC(c2ccsc2)C1.Cl. The van der Waals surface area contributed by atoms with Gasteiger partial charge in [0, 0.05) is 19.0 Å². The number of ether oxygens (including phenoxy) is 1. The Morgan fingerprint density at radius 3 is 3.11 bits per heavy atom. The van der Waals surface area contributed by atoms with E-state index in [0.29, 0.717) is 26.1 Å². The maximum atomic E-state index is 12.0. The Morgan fingerprint density at radius 1 is 1.68 bits per heavy atom. The van der Waals surface area contributed by atoms with E-state index in [1.54, 1.807) is 11.3 Å². The van der Waals surface area contributed by atoms with Crippen LogP contribution in [-0.2, 0) is 9.53 Å². The second-order valence-electron chi connectivity index (χ2n) is 4.77. The highest BCUT2D eigenvalue weighted by atomic mass is 35.5. The van der Waals surface area contributed by atoms with Gasteiger partial charge in [0.15, 0.2) is 0 Å². The molecule has 1 fully saturated rings. The molecule has 6 heteroatoms. The first kappa shape index (κ1) is 16.4. The van der Waals surface area contributed by atoms with Crippen LogP contribution in [-0.4, -0.2) is 36.5 Å². The Labute approximate surface area is 124 Å². The number of carbonyl (C=O) groups excluding carboxylic acids is 1. The van der Waals surface area contributed by atoms with E-state index in [1.807, 2.05) is 17.2 Å². The largest absolute Gasteiger partial charge is 0.370 e. The topological polar surface area (TPSA) is 55.6 Å². The molecule has 2 N–H and O–H groups in total. The van der Waals surface area contributed by atoms with Gasteiger partial charge in [0.25, 0.3) is 0 Å². The van der Waals surface area contributed by atoms with E-state index in [0.717, 1.165) is 6.42 Å². The van der Waals surface area contributed by atoms with Crippen molar-refractivity contribution >= 4 is 29.7 Å². The number of hydrogen-bond acceptors (Lipinski definition) is 4. The van der Waals surface area contributed by atoms with Gasteiger partial charge in [-0.25, -0.2) is 0 Å². The van der Waals surface area contributed by atoms with Crippen LogP contribution in [0.1, 0.15) is 31.4 Å². The van der Waals surface area contributed by atoms with Gasteiger partial charge in [-0.3, -0.25) is 4.79 Å². The second kappa shape index (κ2) is 7.85. The third-order valence-electron chi connectivity index (χ3n) is 3.15. The van der Waals surface area contributed by atoms with E-state index in [1.165, 1.54) is 5.56 Å². The predicted molar refractivity (Wildman–Crippen MR) is 79.7 cm³/mol. The molecule has 1 aromatic rings. The Balaban J connectivity index is 0.00000180. The third-order valence-corrected chi connectivity index (χ3v) is 3.85. The molecule has 2 heterocycles. The standard InChI is InChI=1S/C13H20N2O2S.ClH/c1-10(14)2-3-13(16)15-5-6-17-12(8-15)11-4-7-18-9-11;/h4,7,9-10,12H,2-3,5-6,8,14H2,1H3;1H. The van der Waals surface area contributed by atoms with Gasteiger partial charge in [0.1, 0.15) is 6.10 Å². The summed E-state index contributed by atoms with van der Waals surface area (Å²) in [5.41, 5.74) is 6.85. The van der Waals surface area contributed by atoms with E-state index < -0.39 is 0 Å². The number of carbonyl (C=O) groups is 1. The summed E-state index contributed by atoms with van der Waals surface area (Å²) in [4.78, 5) is 13.9. The van der Waals surface area contributed by atoms with Crippen LogP contribution in [0.5, 0.6) is 0 Å². The van der Waals surface area contributed by atoms with Crippen LogP contribution in [0.25, 0.3) is 0 Å². The lowest BCUT2D eigenvalue weighted by Gasteiger charge is -2.33. The number of rotatable bonds is 4. The van der Waals surface area contributed by atoms with Crippen molar-refractivity contribution in [3.63, 3.8) is 0 Å². The predicted octanol–water partition coefficient (Wildman–Crippen LogP) is 2.20. The first-order chi connectivity index (χ1) is 8.66. The molecule has 1 aromatic heterocycles. The summed E-state index contributed by atoms with van der Waals surface area (Å²) in [5.74, 6) is 0.191. The van der Waals surface area contributed by atoms with Crippen molar-refractivity contribution in [2.24, 2.45) is 5.73 Å². The molecular formula is C13H21ClN2O2S. The molecule has 0 spiro atoms. The molecule has 1 aliphatic rings. The van der Waals surface area contributed by atoms with Gasteiger partial charge in [0.05, 0.1) is 13.2 Å². The number of hydrogen-bond donors (Lipinski definition) is 1. The quantitative estimate of drug-likeness (QED) is 0.928. The smallest absolute Gasteiger partial charge is 0.222 e. The molecule has 19 heavy (non-hydrogen) atoms. The molecule has 0 radical (unpaired) electrons. The zero-order valence-corrected chi connectivity index (χ0v) is 12.7. The van der Waals surface area contributed by atoms with E-state index in [9.17, 15) is 4.79 Å². The highest BCUT2D eigenvalue weighted by Gasteiger charge is 2.25. The number of nitrogens with zero attached hydrogens (tertiary/aromatic N) is 1. The maximum Gasteiger partial charge on any atom is 0.222 e. The van der Waals surface area contributed by atoms with Crippen LogP contribution in [0.15, 0.2) is 16.8 Å². The van der Waals surface area contributed by atoms with Crippen molar-refractivity contribution in [2.45, 2.75) is 31.9 Å².